The molecule has 1 fully saturated rings. The van der Waals surface area contributed by atoms with Crippen molar-refractivity contribution in [3.8, 4) is 5.75 Å². The first kappa shape index (κ1) is 18.4. The summed E-state index contributed by atoms with van der Waals surface area (Å²) in [5, 5.41) is 0. The van der Waals surface area contributed by atoms with Gasteiger partial charge in [0.15, 0.2) is 0 Å². The third kappa shape index (κ3) is 3.73. The molecule has 0 unspecified atom stereocenters. The van der Waals surface area contributed by atoms with Gasteiger partial charge >= 0.3 is 0 Å². The second-order valence-electron chi connectivity index (χ2n) is 6.23. The molecule has 1 amide bonds. The van der Waals surface area contributed by atoms with Crippen LogP contribution in [-0.2, 0) is 21.4 Å². The number of hydrogen-bond acceptors (Lipinski definition) is 4. The first-order valence-electron chi connectivity index (χ1n) is 8.45. The van der Waals surface area contributed by atoms with Crippen LogP contribution in [-0.4, -0.2) is 28.0 Å². The number of nitrogens with one attached hydrogen (secondary N) is 1. The van der Waals surface area contributed by atoms with Crippen molar-refractivity contribution in [3.63, 3.8) is 0 Å². The van der Waals surface area contributed by atoms with E-state index in [-0.39, 0.29) is 17.3 Å². The molecule has 1 aliphatic heterocycles. The van der Waals surface area contributed by atoms with E-state index >= 15 is 0 Å². The van der Waals surface area contributed by atoms with Crippen LogP contribution >= 0.6 is 0 Å². The first-order chi connectivity index (χ1) is 12.4. The van der Waals surface area contributed by atoms with Gasteiger partial charge in [-0.25, -0.2) is 13.1 Å². The summed E-state index contributed by atoms with van der Waals surface area (Å²) in [5.74, 6) is 0.715. The molecular formula is C19H22N2O4S. The van der Waals surface area contributed by atoms with Gasteiger partial charge in [0, 0.05) is 30.8 Å². The van der Waals surface area contributed by atoms with Gasteiger partial charge in [-0.05, 0) is 43.2 Å². The van der Waals surface area contributed by atoms with Crippen LogP contribution in [0.5, 0.6) is 5.75 Å². The van der Waals surface area contributed by atoms with Gasteiger partial charge in [-0.2, -0.15) is 0 Å². The van der Waals surface area contributed by atoms with Crippen LogP contribution in [0.3, 0.4) is 0 Å². The summed E-state index contributed by atoms with van der Waals surface area (Å²) in [5.41, 5.74) is 2.30. The molecule has 1 aliphatic rings. The highest BCUT2D eigenvalue weighted by Crippen LogP contribution is 2.27. The summed E-state index contributed by atoms with van der Waals surface area (Å²) in [7, 11) is -2.12. The van der Waals surface area contributed by atoms with Gasteiger partial charge in [0.05, 0.1) is 12.0 Å². The number of anilines is 1. The average Bonchev–Trinajstić information content (AvgIpc) is 3.06. The topological polar surface area (TPSA) is 75.7 Å². The van der Waals surface area contributed by atoms with Crippen LogP contribution in [0.4, 0.5) is 5.69 Å². The molecule has 1 saturated heterocycles. The summed E-state index contributed by atoms with van der Waals surface area (Å²) in [4.78, 5) is 13.8. The van der Waals surface area contributed by atoms with E-state index in [0.717, 1.165) is 23.2 Å². The van der Waals surface area contributed by atoms with Crippen molar-refractivity contribution in [2.75, 3.05) is 18.6 Å². The largest absolute Gasteiger partial charge is 0.496 e. The smallest absolute Gasteiger partial charge is 0.240 e. The molecule has 0 aliphatic carbocycles. The third-order valence-corrected chi connectivity index (χ3v) is 5.89. The molecule has 1 N–H and O–H groups in total. The summed E-state index contributed by atoms with van der Waals surface area (Å²) in [6, 6.07) is 12.1. The fourth-order valence-corrected chi connectivity index (χ4v) is 4.20. The number of rotatable bonds is 6. The Balaban J connectivity index is 1.79. The molecule has 3 rings (SSSR count). The molecule has 1 heterocycles. The van der Waals surface area contributed by atoms with Crippen molar-refractivity contribution in [1.29, 1.82) is 0 Å². The van der Waals surface area contributed by atoms with E-state index in [1.807, 2.05) is 25.1 Å². The number of hydrogen-bond donors (Lipinski definition) is 1. The SMILES string of the molecule is COc1ccccc1CNS(=O)(=O)c1ccc(N2CCCC2=O)c(C)c1. The molecule has 138 valence electrons. The number of amides is 1. The zero-order valence-corrected chi connectivity index (χ0v) is 15.7. The number of benzene rings is 2. The van der Waals surface area contributed by atoms with Gasteiger partial charge in [-0.15, -0.1) is 0 Å². The fraction of sp³-hybridized carbons (Fsp3) is 0.316. The summed E-state index contributed by atoms with van der Waals surface area (Å²) in [6.07, 6.45) is 1.37. The molecule has 0 bridgehead atoms. The fourth-order valence-electron chi connectivity index (χ4n) is 3.11. The van der Waals surface area contributed by atoms with Gasteiger partial charge < -0.3 is 9.64 Å². The number of sulfonamides is 1. The van der Waals surface area contributed by atoms with Crippen molar-refractivity contribution in [2.45, 2.75) is 31.2 Å². The number of nitrogens with zero attached hydrogens (tertiary/aromatic N) is 1. The second kappa shape index (κ2) is 7.47. The Kier molecular flexibility index (Phi) is 5.29. The number of para-hydroxylation sites is 1. The van der Waals surface area contributed by atoms with Crippen molar-refractivity contribution < 1.29 is 17.9 Å². The molecule has 2 aromatic carbocycles. The Bertz CT molecular complexity index is 925. The molecule has 26 heavy (non-hydrogen) atoms. The lowest BCUT2D eigenvalue weighted by molar-refractivity contribution is -0.117. The number of aryl methyl sites for hydroxylation is 1. The van der Waals surface area contributed by atoms with Crippen molar-refractivity contribution in [2.24, 2.45) is 0 Å². The van der Waals surface area contributed by atoms with E-state index < -0.39 is 10.0 Å². The van der Waals surface area contributed by atoms with E-state index in [4.69, 9.17) is 4.74 Å². The van der Waals surface area contributed by atoms with Crippen LogP contribution in [0.1, 0.15) is 24.0 Å². The van der Waals surface area contributed by atoms with Crippen molar-refractivity contribution in [3.05, 3.63) is 53.6 Å². The molecular weight excluding hydrogens is 352 g/mol. The Morgan fingerprint density at radius 3 is 2.62 bits per heavy atom. The van der Waals surface area contributed by atoms with Gasteiger partial charge in [0.25, 0.3) is 0 Å². The van der Waals surface area contributed by atoms with Crippen molar-refractivity contribution >= 4 is 21.6 Å². The highest BCUT2D eigenvalue weighted by molar-refractivity contribution is 7.89. The average molecular weight is 374 g/mol. The van der Waals surface area contributed by atoms with Crippen molar-refractivity contribution in [1.82, 2.24) is 4.72 Å². The molecule has 7 heteroatoms. The zero-order chi connectivity index (χ0) is 18.7. The minimum absolute atomic E-state index is 0.0815. The van der Waals surface area contributed by atoms with Crippen LogP contribution in [0.15, 0.2) is 47.4 Å². The first-order valence-corrected chi connectivity index (χ1v) is 9.93. The van der Waals surface area contributed by atoms with E-state index in [1.54, 1.807) is 36.3 Å². The lowest BCUT2D eigenvalue weighted by Gasteiger charge is -2.19. The Morgan fingerprint density at radius 2 is 1.96 bits per heavy atom. The summed E-state index contributed by atoms with van der Waals surface area (Å²) in [6.45, 7) is 2.63. The van der Waals surface area contributed by atoms with E-state index in [0.29, 0.717) is 18.7 Å². The van der Waals surface area contributed by atoms with Gasteiger partial charge in [-0.1, -0.05) is 18.2 Å². The number of carbonyl (C=O) groups excluding carboxylic acids is 1. The maximum absolute atomic E-state index is 12.6. The summed E-state index contributed by atoms with van der Waals surface area (Å²) < 4.78 is 33.1. The number of ether oxygens (including phenoxy) is 1. The van der Waals surface area contributed by atoms with Crippen LogP contribution in [0.2, 0.25) is 0 Å². The Labute approximate surface area is 153 Å². The van der Waals surface area contributed by atoms with Gasteiger partial charge in [0.1, 0.15) is 5.75 Å². The third-order valence-electron chi connectivity index (χ3n) is 4.49. The maximum atomic E-state index is 12.6. The standard InChI is InChI=1S/C19H22N2O4S/c1-14-12-16(9-10-17(14)21-11-5-8-19(21)22)26(23,24)20-13-15-6-3-4-7-18(15)25-2/h3-4,6-7,9-10,12,20H,5,8,11,13H2,1-2H3. The molecule has 0 radical (unpaired) electrons. The number of methoxy groups -OCH3 is 1. The minimum Gasteiger partial charge on any atom is -0.496 e. The molecule has 6 nitrogen and oxygen atoms in total. The van der Waals surface area contributed by atoms with Crippen LogP contribution in [0, 0.1) is 6.92 Å². The number of carbonyl (C=O) groups is 1. The molecule has 0 atom stereocenters. The van der Waals surface area contributed by atoms with E-state index in [2.05, 4.69) is 4.72 Å². The van der Waals surface area contributed by atoms with E-state index in [1.165, 1.54) is 0 Å². The zero-order valence-electron chi connectivity index (χ0n) is 14.9. The predicted molar refractivity (Wildman–Crippen MR) is 99.8 cm³/mol. The second-order valence-corrected chi connectivity index (χ2v) is 8.00. The van der Waals surface area contributed by atoms with Crippen LogP contribution in [0.25, 0.3) is 0 Å². The summed E-state index contributed by atoms with van der Waals surface area (Å²) >= 11 is 0. The van der Waals surface area contributed by atoms with E-state index in [9.17, 15) is 13.2 Å². The molecule has 0 aromatic heterocycles. The lowest BCUT2D eigenvalue weighted by atomic mass is 10.2. The van der Waals surface area contributed by atoms with Gasteiger partial charge in [0.2, 0.25) is 15.9 Å². The van der Waals surface area contributed by atoms with Gasteiger partial charge in [-0.3, -0.25) is 4.79 Å². The Morgan fingerprint density at radius 1 is 1.19 bits per heavy atom. The Hall–Kier alpha value is -2.38. The highest BCUT2D eigenvalue weighted by atomic mass is 32.2. The molecule has 2 aromatic rings. The molecule has 0 spiro atoms. The monoisotopic (exact) mass is 374 g/mol. The minimum atomic E-state index is -3.67. The predicted octanol–water partition coefficient (Wildman–Crippen LogP) is 2.61. The normalized spacial score (nSPS) is 14.7. The maximum Gasteiger partial charge on any atom is 0.240 e. The highest BCUT2D eigenvalue weighted by Gasteiger charge is 2.24. The lowest BCUT2D eigenvalue weighted by Crippen LogP contribution is -2.26. The van der Waals surface area contributed by atoms with Crippen LogP contribution < -0.4 is 14.4 Å². The molecule has 0 saturated carbocycles. The quantitative estimate of drug-likeness (QED) is 0.843.